The molecule has 0 N–H and O–H groups in total. The van der Waals surface area contributed by atoms with Gasteiger partial charge in [0.15, 0.2) is 0 Å². The number of hydrogen-bond donors (Lipinski definition) is 0. The third-order valence-electron chi connectivity index (χ3n) is 4.98. The van der Waals surface area contributed by atoms with Gasteiger partial charge in [0.1, 0.15) is 11.8 Å². The van der Waals surface area contributed by atoms with Crippen LogP contribution >= 0.6 is 0 Å². The van der Waals surface area contributed by atoms with Crippen LogP contribution in [-0.4, -0.2) is 17.0 Å². The third-order valence-corrected chi connectivity index (χ3v) is 4.98. The largest absolute Gasteiger partial charge is 0.300 e. The monoisotopic (exact) mass is 387 g/mol. The summed E-state index contributed by atoms with van der Waals surface area (Å²) in [5.41, 5.74) is 7.01. The maximum absolute atomic E-state index is 11.5. The second kappa shape index (κ2) is 9.06. The van der Waals surface area contributed by atoms with Crippen LogP contribution in [0.3, 0.4) is 0 Å². The number of rotatable bonds is 7. The number of aryl methyl sites for hydroxylation is 2. The Kier molecular flexibility index (Phi) is 6.50. The molecule has 0 aliphatic carbocycles. The molecule has 2 unspecified atom stereocenters. The lowest BCUT2D eigenvalue weighted by molar-refractivity contribution is -0.179. The van der Waals surface area contributed by atoms with E-state index in [-0.39, 0.29) is 17.9 Å². The Morgan fingerprint density at radius 1 is 1.21 bits per heavy atom. The molecular formula is C26H29NO2. The van der Waals surface area contributed by atoms with Gasteiger partial charge in [0.25, 0.3) is 0 Å². The van der Waals surface area contributed by atoms with Gasteiger partial charge >= 0.3 is 0 Å². The average Bonchev–Trinajstić information content (AvgIpc) is 2.67. The molecule has 3 rings (SSSR count). The van der Waals surface area contributed by atoms with E-state index in [1.807, 2.05) is 36.4 Å². The van der Waals surface area contributed by atoms with E-state index in [4.69, 9.17) is 4.84 Å². The fourth-order valence-corrected chi connectivity index (χ4v) is 3.82. The van der Waals surface area contributed by atoms with Crippen molar-refractivity contribution in [2.24, 2.45) is 0 Å². The lowest BCUT2D eigenvalue weighted by Crippen LogP contribution is -2.30. The SMILES string of the molecule is C=Cc1ccccc1C1C=C(c2cc(C)cc(C)c2)C=CN1OC(C)CC(C)=O. The Bertz CT molecular complexity index is 950. The zero-order chi connectivity index (χ0) is 21.0. The predicted molar refractivity (Wildman–Crippen MR) is 120 cm³/mol. The van der Waals surface area contributed by atoms with Crippen LogP contribution in [0.2, 0.25) is 0 Å². The van der Waals surface area contributed by atoms with Crippen molar-refractivity contribution in [1.29, 1.82) is 0 Å². The second-order valence-electron chi connectivity index (χ2n) is 7.77. The minimum atomic E-state index is -0.202. The zero-order valence-electron chi connectivity index (χ0n) is 17.7. The van der Waals surface area contributed by atoms with Crippen molar-refractivity contribution in [2.75, 3.05) is 0 Å². The Morgan fingerprint density at radius 3 is 2.55 bits per heavy atom. The molecule has 29 heavy (non-hydrogen) atoms. The number of allylic oxidation sites excluding steroid dienone is 2. The van der Waals surface area contributed by atoms with E-state index >= 15 is 0 Å². The van der Waals surface area contributed by atoms with Gasteiger partial charge in [-0.2, -0.15) is 0 Å². The first-order chi connectivity index (χ1) is 13.9. The van der Waals surface area contributed by atoms with E-state index in [0.29, 0.717) is 6.42 Å². The summed E-state index contributed by atoms with van der Waals surface area (Å²) in [7, 11) is 0. The summed E-state index contributed by atoms with van der Waals surface area (Å²) in [5.74, 6) is 0.119. The van der Waals surface area contributed by atoms with Crippen LogP contribution in [0.5, 0.6) is 0 Å². The molecule has 0 saturated carbocycles. The number of ketones is 1. The lowest BCUT2D eigenvalue weighted by atomic mass is 9.92. The fourth-order valence-electron chi connectivity index (χ4n) is 3.82. The van der Waals surface area contributed by atoms with Crippen LogP contribution in [-0.2, 0) is 9.63 Å². The van der Waals surface area contributed by atoms with Crippen LogP contribution < -0.4 is 0 Å². The van der Waals surface area contributed by atoms with E-state index < -0.39 is 0 Å². The highest BCUT2D eigenvalue weighted by Crippen LogP contribution is 2.35. The Balaban J connectivity index is 2.01. The number of carbonyl (C=O) groups excluding carboxylic acids is 1. The summed E-state index contributed by atoms with van der Waals surface area (Å²) < 4.78 is 0. The summed E-state index contributed by atoms with van der Waals surface area (Å²) >= 11 is 0. The zero-order valence-corrected chi connectivity index (χ0v) is 17.7. The van der Waals surface area contributed by atoms with Crippen LogP contribution in [0.1, 0.15) is 54.1 Å². The van der Waals surface area contributed by atoms with Gasteiger partial charge in [-0.1, -0.05) is 66.2 Å². The predicted octanol–water partition coefficient (Wildman–Crippen LogP) is 6.20. The molecule has 1 aliphatic rings. The molecule has 0 bridgehead atoms. The molecule has 1 heterocycles. The average molecular weight is 388 g/mol. The number of nitrogens with zero attached hydrogens (tertiary/aromatic N) is 1. The molecule has 2 aromatic rings. The number of benzene rings is 2. The molecular weight excluding hydrogens is 358 g/mol. The van der Waals surface area contributed by atoms with E-state index in [1.54, 1.807) is 6.92 Å². The lowest BCUT2D eigenvalue weighted by Gasteiger charge is -2.34. The van der Waals surface area contributed by atoms with Gasteiger partial charge in [-0.25, -0.2) is 5.06 Å². The van der Waals surface area contributed by atoms with Crippen LogP contribution in [0.4, 0.5) is 0 Å². The first-order valence-electron chi connectivity index (χ1n) is 10.0. The molecule has 0 saturated heterocycles. The molecule has 0 spiro atoms. The summed E-state index contributed by atoms with van der Waals surface area (Å²) in [5, 5.41) is 1.85. The summed E-state index contributed by atoms with van der Waals surface area (Å²) in [6.07, 6.45) is 8.31. The Hall–Kier alpha value is -2.91. The number of carbonyl (C=O) groups is 1. The van der Waals surface area contributed by atoms with Gasteiger partial charge in [-0.05, 0) is 62.1 Å². The van der Waals surface area contributed by atoms with Crippen molar-refractivity contribution in [3.05, 3.63) is 95.2 Å². The van der Waals surface area contributed by atoms with Crippen molar-refractivity contribution >= 4 is 17.4 Å². The summed E-state index contributed by atoms with van der Waals surface area (Å²) in [4.78, 5) is 17.7. The highest BCUT2D eigenvalue weighted by Gasteiger charge is 2.24. The van der Waals surface area contributed by atoms with Gasteiger partial charge in [-0.3, -0.25) is 9.63 Å². The summed E-state index contributed by atoms with van der Waals surface area (Å²) in [6, 6.07) is 14.7. The van der Waals surface area contributed by atoms with Gasteiger partial charge in [0, 0.05) is 12.6 Å². The normalized spacial score (nSPS) is 17.0. The van der Waals surface area contributed by atoms with Gasteiger partial charge < -0.3 is 0 Å². The highest BCUT2D eigenvalue weighted by atomic mass is 16.7. The summed E-state index contributed by atoms with van der Waals surface area (Å²) in [6.45, 7) is 11.7. The van der Waals surface area contributed by atoms with E-state index in [2.05, 4.69) is 62.9 Å². The molecule has 2 atom stereocenters. The third kappa shape index (κ3) is 5.12. The molecule has 3 heteroatoms. The molecule has 0 fully saturated rings. The minimum absolute atomic E-state index is 0.112. The molecule has 0 radical (unpaired) electrons. The first-order valence-corrected chi connectivity index (χ1v) is 10.0. The molecule has 3 nitrogen and oxygen atoms in total. The standard InChI is InChI=1S/C26H29NO2/c1-6-22-9-7-8-10-25(22)26-17-23(24-14-18(2)13-19(3)15-24)11-12-27(26)29-21(5)16-20(4)28/h6-15,17,21,26H,1,16H2,2-5H3. The number of Topliss-reactive ketones (excluding diaryl/α,β-unsaturated/α-hetero) is 1. The molecule has 2 aromatic carbocycles. The maximum Gasteiger partial charge on any atom is 0.132 e. The topological polar surface area (TPSA) is 29.5 Å². The molecule has 0 aromatic heterocycles. The smallest absolute Gasteiger partial charge is 0.132 e. The van der Waals surface area contributed by atoms with Crippen LogP contribution in [0.15, 0.2) is 67.4 Å². The van der Waals surface area contributed by atoms with Gasteiger partial charge in [0.05, 0.1) is 6.10 Å². The fraction of sp³-hybridized carbons (Fsp3) is 0.269. The number of hydroxylamine groups is 2. The van der Waals surface area contributed by atoms with E-state index in [0.717, 1.165) is 16.7 Å². The second-order valence-corrected chi connectivity index (χ2v) is 7.77. The molecule has 1 aliphatic heterocycles. The van der Waals surface area contributed by atoms with Crippen molar-refractivity contribution in [3.63, 3.8) is 0 Å². The van der Waals surface area contributed by atoms with Crippen LogP contribution in [0, 0.1) is 13.8 Å². The van der Waals surface area contributed by atoms with Crippen molar-refractivity contribution < 1.29 is 9.63 Å². The maximum atomic E-state index is 11.5. The van der Waals surface area contributed by atoms with Crippen molar-refractivity contribution in [3.8, 4) is 0 Å². The van der Waals surface area contributed by atoms with Crippen molar-refractivity contribution in [1.82, 2.24) is 5.06 Å². The van der Waals surface area contributed by atoms with Crippen molar-refractivity contribution in [2.45, 2.75) is 46.3 Å². The minimum Gasteiger partial charge on any atom is -0.300 e. The molecule has 0 amide bonds. The van der Waals surface area contributed by atoms with Crippen LogP contribution in [0.25, 0.3) is 11.6 Å². The van der Waals surface area contributed by atoms with Gasteiger partial charge in [0.2, 0.25) is 0 Å². The molecule has 150 valence electrons. The number of hydrogen-bond acceptors (Lipinski definition) is 3. The highest BCUT2D eigenvalue weighted by molar-refractivity contribution is 5.77. The quantitative estimate of drug-likeness (QED) is 0.566. The van der Waals surface area contributed by atoms with Gasteiger partial charge in [-0.15, -0.1) is 0 Å². The Labute approximate surface area is 174 Å². The first kappa shape index (κ1) is 20.8. The van der Waals surface area contributed by atoms with E-state index in [1.165, 1.54) is 16.7 Å². The van der Waals surface area contributed by atoms with E-state index in [9.17, 15) is 4.79 Å². The Morgan fingerprint density at radius 2 is 1.90 bits per heavy atom.